The Hall–Kier alpha value is -2.12. The number of fused-ring (bicyclic) bond motifs is 1. The van der Waals surface area contributed by atoms with E-state index in [4.69, 9.17) is 4.42 Å². The average molecular weight is 345 g/mol. The van der Waals surface area contributed by atoms with Crippen molar-refractivity contribution in [3.8, 4) is 0 Å². The van der Waals surface area contributed by atoms with Crippen molar-refractivity contribution in [3.63, 3.8) is 0 Å². The van der Waals surface area contributed by atoms with Crippen molar-refractivity contribution >= 4 is 39.2 Å². The summed E-state index contributed by atoms with van der Waals surface area (Å²) < 4.78 is 6.13. The van der Waals surface area contributed by atoms with E-state index in [-0.39, 0.29) is 5.63 Å². The normalized spacial score (nSPS) is 10.8. The quantitative estimate of drug-likeness (QED) is 0.416. The zero-order chi connectivity index (χ0) is 16.2. The Morgan fingerprint density at radius 3 is 3.09 bits per heavy atom. The molecule has 0 aliphatic heterocycles. The molecule has 118 valence electrons. The third-order valence-electron chi connectivity index (χ3n) is 3.14. The minimum Gasteiger partial charge on any atom is -0.423 e. The molecule has 0 saturated heterocycles. The van der Waals surface area contributed by atoms with Gasteiger partial charge >= 0.3 is 5.63 Å². The van der Waals surface area contributed by atoms with Gasteiger partial charge in [0, 0.05) is 23.8 Å². The monoisotopic (exact) mass is 345 g/mol. The number of aryl methyl sites for hydroxylation is 1. The van der Waals surface area contributed by atoms with E-state index in [9.17, 15) is 4.79 Å². The lowest BCUT2D eigenvalue weighted by atomic mass is 10.1. The summed E-state index contributed by atoms with van der Waals surface area (Å²) in [6.07, 6.45) is 1.77. The summed E-state index contributed by atoms with van der Waals surface area (Å²) in [4.78, 5) is 11.7. The van der Waals surface area contributed by atoms with Gasteiger partial charge in [-0.15, -0.1) is 16.8 Å². The predicted molar refractivity (Wildman–Crippen MR) is 95.4 cm³/mol. The zero-order valence-electron chi connectivity index (χ0n) is 12.5. The number of nitrogens with one attached hydrogen (secondary N) is 1. The highest BCUT2D eigenvalue weighted by Gasteiger charge is 2.09. The molecule has 1 N–H and O–H groups in total. The first-order valence-electron chi connectivity index (χ1n) is 7.00. The van der Waals surface area contributed by atoms with Crippen LogP contribution in [0.4, 0.5) is 5.13 Å². The van der Waals surface area contributed by atoms with Gasteiger partial charge in [0.25, 0.3) is 0 Å². The smallest absolute Gasteiger partial charge is 0.336 e. The topological polar surface area (TPSA) is 68.0 Å². The second kappa shape index (κ2) is 6.97. The fourth-order valence-electron chi connectivity index (χ4n) is 2.10. The number of rotatable bonds is 6. The maximum absolute atomic E-state index is 11.7. The summed E-state index contributed by atoms with van der Waals surface area (Å²) in [7, 11) is 0. The van der Waals surface area contributed by atoms with E-state index in [1.54, 1.807) is 23.9 Å². The van der Waals surface area contributed by atoms with E-state index in [0.29, 0.717) is 17.9 Å². The first kappa shape index (κ1) is 15.8. The highest BCUT2D eigenvalue weighted by molar-refractivity contribution is 8.00. The molecule has 7 heteroatoms. The molecule has 0 saturated carbocycles. The molecule has 0 radical (unpaired) electrons. The van der Waals surface area contributed by atoms with Gasteiger partial charge in [0.1, 0.15) is 5.58 Å². The number of thioether (sulfide) groups is 1. The van der Waals surface area contributed by atoms with Gasteiger partial charge in [-0.3, -0.25) is 0 Å². The summed E-state index contributed by atoms with van der Waals surface area (Å²) >= 11 is 3.04. The van der Waals surface area contributed by atoms with Crippen LogP contribution in [0.25, 0.3) is 11.0 Å². The highest BCUT2D eigenvalue weighted by Crippen LogP contribution is 2.30. The number of benzene rings is 1. The van der Waals surface area contributed by atoms with Crippen LogP contribution in [0.2, 0.25) is 0 Å². The fourth-order valence-corrected chi connectivity index (χ4v) is 3.84. The Balaban J connectivity index is 1.80. The van der Waals surface area contributed by atoms with Crippen LogP contribution in [0.5, 0.6) is 0 Å². The molecule has 0 aliphatic carbocycles. The number of anilines is 1. The van der Waals surface area contributed by atoms with E-state index in [1.165, 1.54) is 11.3 Å². The molecule has 1 aromatic carbocycles. The summed E-state index contributed by atoms with van der Waals surface area (Å²) in [5, 5.41) is 13.0. The lowest BCUT2D eigenvalue weighted by molar-refractivity contribution is 0.559. The Labute approximate surface area is 141 Å². The third kappa shape index (κ3) is 3.80. The number of hydrogen-bond acceptors (Lipinski definition) is 7. The molecule has 0 atom stereocenters. The Morgan fingerprint density at radius 1 is 1.39 bits per heavy atom. The van der Waals surface area contributed by atoms with Crippen molar-refractivity contribution in [1.29, 1.82) is 0 Å². The third-order valence-corrected chi connectivity index (χ3v) is 5.20. The minimum absolute atomic E-state index is 0.329. The molecule has 2 heterocycles. The standard InChI is InChI=1S/C16H15N3O2S2/c1-3-6-17-15-18-19-16(23-15)22-9-11-8-14(20)21-13-7-10(2)4-5-12(11)13/h3-5,7-8H,1,6,9H2,2H3,(H,17,18). The van der Waals surface area contributed by atoms with Crippen molar-refractivity contribution in [2.45, 2.75) is 17.0 Å². The van der Waals surface area contributed by atoms with E-state index in [0.717, 1.165) is 26.0 Å². The van der Waals surface area contributed by atoms with Gasteiger partial charge in [0.2, 0.25) is 5.13 Å². The summed E-state index contributed by atoms with van der Waals surface area (Å²) in [6.45, 7) is 6.28. The van der Waals surface area contributed by atoms with E-state index in [1.807, 2.05) is 25.1 Å². The summed E-state index contributed by atoms with van der Waals surface area (Å²) in [5.74, 6) is 0.640. The minimum atomic E-state index is -0.329. The summed E-state index contributed by atoms with van der Waals surface area (Å²) in [6, 6.07) is 7.43. The van der Waals surface area contributed by atoms with Crippen molar-refractivity contribution < 1.29 is 4.42 Å². The molecule has 0 fully saturated rings. The lowest BCUT2D eigenvalue weighted by Gasteiger charge is -2.04. The Bertz CT molecular complexity index is 902. The SMILES string of the molecule is C=CCNc1nnc(SCc2cc(=O)oc3cc(C)ccc23)s1. The van der Waals surface area contributed by atoms with Gasteiger partial charge in [-0.05, 0) is 24.1 Å². The largest absolute Gasteiger partial charge is 0.423 e. The van der Waals surface area contributed by atoms with E-state index < -0.39 is 0 Å². The molecule has 0 spiro atoms. The second-order valence-corrected chi connectivity index (χ2v) is 7.12. The van der Waals surface area contributed by atoms with Gasteiger partial charge in [-0.2, -0.15) is 0 Å². The van der Waals surface area contributed by atoms with Crippen molar-refractivity contribution in [3.05, 3.63) is 58.5 Å². The Kier molecular flexibility index (Phi) is 4.78. The molecule has 5 nitrogen and oxygen atoms in total. The maximum atomic E-state index is 11.7. The number of aromatic nitrogens is 2. The van der Waals surface area contributed by atoms with Crippen molar-refractivity contribution in [2.24, 2.45) is 0 Å². The van der Waals surface area contributed by atoms with Crippen LogP contribution in [-0.2, 0) is 5.75 Å². The molecule has 2 aromatic heterocycles. The van der Waals surface area contributed by atoms with Crippen LogP contribution in [0.15, 0.2) is 50.5 Å². The molecule has 0 aliphatic rings. The van der Waals surface area contributed by atoms with E-state index in [2.05, 4.69) is 22.1 Å². The van der Waals surface area contributed by atoms with Crippen LogP contribution in [-0.4, -0.2) is 16.7 Å². The molecular weight excluding hydrogens is 330 g/mol. The van der Waals surface area contributed by atoms with Gasteiger partial charge < -0.3 is 9.73 Å². The molecule has 0 amide bonds. The van der Waals surface area contributed by atoms with Gasteiger partial charge in [-0.1, -0.05) is 41.3 Å². The Morgan fingerprint density at radius 2 is 2.26 bits per heavy atom. The molecule has 0 unspecified atom stereocenters. The predicted octanol–water partition coefficient (Wildman–Crippen LogP) is 3.84. The average Bonchev–Trinajstić information content (AvgIpc) is 2.98. The highest BCUT2D eigenvalue weighted by atomic mass is 32.2. The molecular formula is C16H15N3O2S2. The fraction of sp³-hybridized carbons (Fsp3) is 0.188. The molecule has 23 heavy (non-hydrogen) atoms. The first-order valence-corrected chi connectivity index (χ1v) is 8.80. The number of nitrogens with zero attached hydrogens (tertiary/aromatic N) is 2. The van der Waals surface area contributed by atoms with Crippen LogP contribution >= 0.6 is 23.1 Å². The van der Waals surface area contributed by atoms with Crippen molar-refractivity contribution in [2.75, 3.05) is 11.9 Å². The van der Waals surface area contributed by atoms with Gasteiger partial charge in [0.15, 0.2) is 4.34 Å². The second-order valence-electron chi connectivity index (χ2n) is 4.92. The zero-order valence-corrected chi connectivity index (χ0v) is 14.2. The summed E-state index contributed by atoms with van der Waals surface area (Å²) in [5.41, 5.74) is 2.30. The van der Waals surface area contributed by atoms with Crippen LogP contribution < -0.4 is 10.9 Å². The lowest BCUT2D eigenvalue weighted by Crippen LogP contribution is -2.00. The first-order chi connectivity index (χ1) is 11.2. The van der Waals surface area contributed by atoms with Crippen LogP contribution in [0.1, 0.15) is 11.1 Å². The van der Waals surface area contributed by atoms with E-state index >= 15 is 0 Å². The molecule has 3 rings (SSSR count). The van der Waals surface area contributed by atoms with Crippen molar-refractivity contribution in [1.82, 2.24) is 10.2 Å². The molecule has 0 bridgehead atoms. The maximum Gasteiger partial charge on any atom is 0.336 e. The van der Waals surface area contributed by atoms with Crippen LogP contribution in [0, 0.1) is 6.92 Å². The van der Waals surface area contributed by atoms with Gasteiger partial charge in [0.05, 0.1) is 0 Å². The van der Waals surface area contributed by atoms with Crippen LogP contribution in [0.3, 0.4) is 0 Å². The molecule has 3 aromatic rings. The van der Waals surface area contributed by atoms with Gasteiger partial charge in [-0.25, -0.2) is 4.79 Å². The number of hydrogen-bond donors (Lipinski definition) is 1.